The SMILES string of the molecule is CC(N)C(N=O)C(C)N. The highest BCUT2D eigenvalue weighted by Gasteiger charge is 2.17. The van der Waals surface area contributed by atoms with Gasteiger partial charge in [-0.1, -0.05) is 5.18 Å². The molecule has 0 aromatic carbocycles. The van der Waals surface area contributed by atoms with E-state index in [9.17, 15) is 4.91 Å². The lowest BCUT2D eigenvalue weighted by atomic mass is 10.1. The molecule has 0 saturated carbocycles. The number of nitroso groups, excluding NO2 is 1. The molecule has 0 aliphatic rings. The van der Waals surface area contributed by atoms with Crippen molar-refractivity contribution in [3.63, 3.8) is 0 Å². The van der Waals surface area contributed by atoms with Gasteiger partial charge in [-0.15, -0.1) is 0 Å². The third kappa shape index (κ3) is 2.53. The minimum Gasteiger partial charge on any atom is -0.326 e. The summed E-state index contributed by atoms with van der Waals surface area (Å²) < 4.78 is 0. The molecule has 2 unspecified atom stereocenters. The van der Waals surface area contributed by atoms with Crippen molar-refractivity contribution < 1.29 is 0 Å². The molecule has 0 radical (unpaired) electrons. The van der Waals surface area contributed by atoms with Crippen molar-refractivity contribution in [2.75, 3.05) is 0 Å². The number of hydrogen-bond acceptors (Lipinski definition) is 4. The predicted octanol–water partition coefficient (Wildman–Crippen LogP) is -0.184. The standard InChI is InChI=1S/C5H13N3O/c1-3(6)5(8-9)4(2)7/h3-5H,6-7H2,1-2H3. The van der Waals surface area contributed by atoms with Gasteiger partial charge in [0.25, 0.3) is 0 Å². The van der Waals surface area contributed by atoms with Gasteiger partial charge in [-0.25, -0.2) is 0 Å². The minimum absolute atomic E-state index is 0.248. The molecular weight excluding hydrogens is 118 g/mol. The Morgan fingerprint density at radius 1 is 1.22 bits per heavy atom. The molecule has 4 nitrogen and oxygen atoms in total. The molecule has 0 bridgehead atoms. The molecule has 0 fully saturated rings. The summed E-state index contributed by atoms with van der Waals surface area (Å²) >= 11 is 0. The first kappa shape index (κ1) is 8.52. The van der Waals surface area contributed by atoms with E-state index in [-0.39, 0.29) is 12.1 Å². The Labute approximate surface area is 54.6 Å². The first-order valence-corrected chi connectivity index (χ1v) is 2.93. The summed E-state index contributed by atoms with van der Waals surface area (Å²) in [6.07, 6.45) is 0. The maximum absolute atomic E-state index is 9.98. The van der Waals surface area contributed by atoms with Crippen LogP contribution in [-0.2, 0) is 0 Å². The second kappa shape index (κ2) is 3.53. The van der Waals surface area contributed by atoms with Crippen molar-refractivity contribution in [2.45, 2.75) is 32.0 Å². The fraction of sp³-hybridized carbons (Fsp3) is 1.00. The Morgan fingerprint density at radius 3 is 1.56 bits per heavy atom. The van der Waals surface area contributed by atoms with Gasteiger partial charge in [-0.05, 0) is 13.8 Å². The maximum atomic E-state index is 9.98. The van der Waals surface area contributed by atoms with Crippen LogP contribution in [0, 0.1) is 4.91 Å². The van der Waals surface area contributed by atoms with Crippen LogP contribution < -0.4 is 11.5 Å². The van der Waals surface area contributed by atoms with Crippen LogP contribution in [0.3, 0.4) is 0 Å². The predicted molar refractivity (Wildman–Crippen MR) is 36.9 cm³/mol. The van der Waals surface area contributed by atoms with Crippen molar-refractivity contribution >= 4 is 0 Å². The van der Waals surface area contributed by atoms with Crippen molar-refractivity contribution in [3.05, 3.63) is 4.91 Å². The van der Waals surface area contributed by atoms with Gasteiger partial charge in [-0.3, -0.25) is 0 Å². The molecular formula is C5H13N3O. The Kier molecular flexibility index (Phi) is 3.34. The smallest absolute Gasteiger partial charge is 0.121 e. The Hall–Kier alpha value is -0.480. The molecule has 4 N–H and O–H groups in total. The lowest BCUT2D eigenvalue weighted by Crippen LogP contribution is -2.42. The zero-order chi connectivity index (χ0) is 7.44. The van der Waals surface area contributed by atoms with E-state index in [1.807, 2.05) is 0 Å². The van der Waals surface area contributed by atoms with Crippen LogP contribution in [0.15, 0.2) is 5.18 Å². The zero-order valence-corrected chi connectivity index (χ0v) is 5.74. The summed E-state index contributed by atoms with van der Waals surface area (Å²) in [5, 5.41) is 2.79. The molecule has 9 heavy (non-hydrogen) atoms. The average Bonchev–Trinajstić information content (AvgIpc) is 1.64. The largest absolute Gasteiger partial charge is 0.326 e. The zero-order valence-electron chi connectivity index (χ0n) is 5.74. The second-order valence-corrected chi connectivity index (χ2v) is 2.31. The molecule has 0 aliphatic carbocycles. The van der Waals surface area contributed by atoms with Gasteiger partial charge in [0.05, 0.1) is 0 Å². The average molecular weight is 131 g/mol. The van der Waals surface area contributed by atoms with Crippen LogP contribution in [0.1, 0.15) is 13.8 Å². The number of nitrogens with two attached hydrogens (primary N) is 2. The molecule has 0 amide bonds. The normalized spacial score (nSPS) is 20.4. The third-order valence-corrected chi connectivity index (χ3v) is 1.20. The molecule has 0 rings (SSSR count). The highest BCUT2D eigenvalue weighted by Crippen LogP contribution is 1.98. The molecule has 0 saturated heterocycles. The van der Waals surface area contributed by atoms with Crippen molar-refractivity contribution in [1.29, 1.82) is 0 Å². The first-order chi connectivity index (χ1) is 4.09. The molecule has 4 heteroatoms. The quantitative estimate of drug-likeness (QED) is 0.521. The number of hydrogen-bond donors (Lipinski definition) is 2. The summed E-state index contributed by atoms with van der Waals surface area (Å²) in [5.41, 5.74) is 10.7. The number of rotatable bonds is 3. The molecule has 0 aliphatic heterocycles. The van der Waals surface area contributed by atoms with Gasteiger partial charge in [0, 0.05) is 12.1 Å². The van der Waals surface area contributed by atoms with Gasteiger partial charge < -0.3 is 11.5 Å². The molecule has 0 spiro atoms. The molecule has 0 heterocycles. The molecule has 54 valence electrons. The van der Waals surface area contributed by atoms with E-state index < -0.39 is 6.04 Å². The fourth-order valence-corrected chi connectivity index (χ4v) is 0.671. The van der Waals surface area contributed by atoms with Crippen molar-refractivity contribution in [1.82, 2.24) is 0 Å². The van der Waals surface area contributed by atoms with E-state index in [4.69, 9.17) is 11.5 Å². The van der Waals surface area contributed by atoms with E-state index in [2.05, 4.69) is 5.18 Å². The van der Waals surface area contributed by atoms with E-state index in [1.165, 1.54) is 0 Å². The number of nitrogens with zero attached hydrogens (tertiary/aromatic N) is 1. The fourth-order valence-electron chi connectivity index (χ4n) is 0.671. The van der Waals surface area contributed by atoms with Crippen molar-refractivity contribution in [2.24, 2.45) is 16.6 Å². The van der Waals surface area contributed by atoms with Crippen LogP contribution in [0.25, 0.3) is 0 Å². The van der Waals surface area contributed by atoms with E-state index in [1.54, 1.807) is 13.8 Å². The third-order valence-electron chi connectivity index (χ3n) is 1.20. The lowest BCUT2D eigenvalue weighted by Gasteiger charge is -2.15. The van der Waals surface area contributed by atoms with Gasteiger partial charge >= 0.3 is 0 Å². The van der Waals surface area contributed by atoms with E-state index in [0.717, 1.165) is 0 Å². The molecule has 0 aromatic rings. The Morgan fingerprint density at radius 2 is 1.56 bits per heavy atom. The summed E-state index contributed by atoms with van der Waals surface area (Å²) in [7, 11) is 0. The van der Waals surface area contributed by atoms with Crippen LogP contribution in [0.4, 0.5) is 0 Å². The Bertz CT molecular complexity index is 84.2. The minimum atomic E-state index is -0.454. The van der Waals surface area contributed by atoms with Gasteiger partial charge in [-0.2, -0.15) is 4.91 Å². The van der Waals surface area contributed by atoms with Crippen LogP contribution >= 0.6 is 0 Å². The summed E-state index contributed by atoms with van der Waals surface area (Å²) in [5.74, 6) is 0. The van der Waals surface area contributed by atoms with Crippen LogP contribution in [-0.4, -0.2) is 18.1 Å². The summed E-state index contributed by atoms with van der Waals surface area (Å²) in [6.45, 7) is 3.44. The highest BCUT2D eigenvalue weighted by atomic mass is 16.3. The summed E-state index contributed by atoms with van der Waals surface area (Å²) in [4.78, 5) is 9.98. The lowest BCUT2D eigenvalue weighted by molar-refractivity contribution is 0.485. The van der Waals surface area contributed by atoms with Crippen LogP contribution in [0.5, 0.6) is 0 Å². The monoisotopic (exact) mass is 131 g/mol. The van der Waals surface area contributed by atoms with E-state index >= 15 is 0 Å². The topological polar surface area (TPSA) is 81.5 Å². The van der Waals surface area contributed by atoms with Gasteiger partial charge in [0.2, 0.25) is 0 Å². The molecule has 0 aromatic heterocycles. The van der Waals surface area contributed by atoms with E-state index in [0.29, 0.717) is 0 Å². The maximum Gasteiger partial charge on any atom is 0.121 e. The first-order valence-electron chi connectivity index (χ1n) is 2.93. The van der Waals surface area contributed by atoms with Gasteiger partial charge in [0.15, 0.2) is 0 Å². The Balaban J connectivity index is 3.82. The highest BCUT2D eigenvalue weighted by molar-refractivity contribution is 4.82. The summed E-state index contributed by atoms with van der Waals surface area (Å²) in [6, 6.07) is -0.949. The van der Waals surface area contributed by atoms with Crippen molar-refractivity contribution in [3.8, 4) is 0 Å². The second-order valence-electron chi connectivity index (χ2n) is 2.31. The van der Waals surface area contributed by atoms with Crippen LogP contribution in [0.2, 0.25) is 0 Å². The molecule has 2 atom stereocenters. The van der Waals surface area contributed by atoms with Gasteiger partial charge in [0.1, 0.15) is 6.04 Å².